The molecule has 0 N–H and O–H groups in total. The van der Waals surface area contributed by atoms with Crippen LogP contribution in [-0.4, -0.2) is 35.6 Å². The van der Waals surface area contributed by atoms with Gasteiger partial charge in [-0.15, -0.1) is 0 Å². The van der Waals surface area contributed by atoms with Crippen LogP contribution in [0.15, 0.2) is 18.3 Å². The molecule has 3 heteroatoms. The summed E-state index contributed by atoms with van der Waals surface area (Å²) in [7, 11) is 0. The van der Waals surface area contributed by atoms with Crippen LogP contribution in [-0.2, 0) is 0 Å². The van der Waals surface area contributed by atoms with Gasteiger partial charge in [0.15, 0.2) is 0 Å². The van der Waals surface area contributed by atoms with Crippen LogP contribution in [0.1, 0.15) is 52.1 Å². The Bertz CT molecular complexity index is 381. The highest BCUT2D eigenvalue weighted by Gasteiger charge is 2.27. The van der Waals surface area contributed by atoms with E-state index >= 15 is 0 Å². The number of hydrogen-bond donors (Lipinski definition) is 0. The standard InChI is InChI=1S/C16H27N3/c1-5-18(6-2)16-10-9-14(12-17-16)15-8-7-11-19(15)13(3)4/h9-10,12-13,15H,5-8,11H2,1-4H3/t15-/m0/s1. The third kappa shape index (κ3) is 3.08. The molecule has 0 amide bonds. The fourth-order valence-corrected chi connectivity index (χ4v) is 3.09. The Morgan fingerprint density at radius 1 is 1.32 bits per heavy atom. The maximum absolute atomic E-state index is 4.66. The molecule has 3 nitrogen and oxygen atoms in total. The largest absolute Gasteiger partial charge is 0.357 e. The van der Waals surface area contributed by atoms with Gasteiger partial charge in [-0.2, -0.15) is 0 Å². The number of rotatable bonds is 5. The monoisotopic (exact) mass is 261 g/mol. The number of hydrogen-bond acceptors (Lipinski definition) is 3. The molecule has 1 saturated heterocycles. The van der Waals surface area contributed by atoms with Gasteiger partial charge in [0.25, 0.3) is 0 Å². The Hall–Kier alpha value is -1.09. The topological polar surface area (TPSA) is 19.4 Å². The summed E-state index contributed by atoms with van der Waals surface area (Å²) in [6, 6.07) is 5.64. The molecular formula is C16H27N3. The molecular weight excluding hydrogens is 234 g/mol. The lowest BCUT2D eigenvalue weighted by atomic mass is 10.1. The van der Waals surface area contributed by atoms with Crippen molar-refractivity contribution in [3.05, 3.63) is 23.9 Å². The average Bonchev–Trinajstić information content (AvgIpc) is 2.90. The van der Waals surface area contributed by atoms with E-state index in [1.165, 1.54) is 24.9 Å². The van der Waals surface area contributed by atoms with Gasteiger partial charge in [0.2, 0.25) is 0 Å². The second-order valence-corrected chi connectivity index (χ2v) is 5.61. The van der Waals surface area contributed by atoms with E-state index in [2.05, 4.69) is 60.8 Å². The molecule has 19 heavy (non-hydrogen) atoms. The minimum absolute atomic E-state index is 0.568. The zero-order valence-electron chi connectivity index (χ0n) is 12.8. The van der Waals surface area contributed by atoms with Crippen LogP contribution in [0.3, 0.4) is 0 Å². The van der Waals surface area contributed by atoms with E-state index in [0.717, 1.165) is 18.9 Å². The van der Waals surface area contributed by atoms with Gasteiger partial charge in [-0.25, -0.2) is 4.98 Å². The minimum Gasteiger partial charge on any atom is -0.357 e. The van der Waals surface area contributed by atoms with Crippen molar-refractivity contribution >= 4 is 5.82 Å². The van der Waals surface area contributed by atoms with Gasteiger partial charge in [-0.1, -0.05) is 6.07 Å². The lowest BCUT2D eigenvalue weighted by Gasteiger charge is -2.28. The number of pyridine rings is 1. The Morgan fingerprint density at radius 3 is 2.58 bits per heavy atom. The number of nitrogens with zero attached hydrogens (tertiary/aromatic N) is 3. The summed E-state index contributed by atoms with van der Waals surface area (Å²) in [6.07, 6.45) is 4.66. The first-order chi connectivity index (χ1) is 9.17. The van der Waals surface area contributed by atoms with E-state index in [4.69, 9.17) is 0 Å². The molecule has 1 aromatic rings. The number of anilines is 1. The molecule has 106 valence electrons. The van der Waals surface area contributed by atoms with Crippen LogP contribution in [0.25, 0.3) is 0 Å². The van der Waals surface area contributed by atoms with E-state index in [0.29, 0.717) is 12.1 Å². The van der Waals surface area contributed by atoms with Crippen molar-refractivity contribution in [3.8, 4) is 0 Å². The highest BCUT2D eigenvalue weighted by Crippen LogP contribution is 2.33. The summed E-state index contributed by atoms with van der Waals surface area (Å²) in [5, 5.41) is 0. The molecule has 1 fully saturated rings. The van der Waals surface area contributed by atoms with E-state index in [1.807, 2.05) is 0 Å². The summed E-state index contributed by atoms with van der Waals surface area (Å²) in [5.74, 6) is 1.10. The van der Waals surface area contributed by atoms with Crippen molar-refractivity contribution in [2.24, 2.45) is 0 Å². The van der Waals surface area contributed by atoms with Crippen molar-refractivity contribution in [2.45, 2.75) is 52.6 Å². The predicted octanol–water partition coefficient (Wildman–Crippen LogP) is 3.47. The van der Waals surface area contributed by atoms with Gasteiger partial charge in [0.05, 0.1) is 0 Å². The molecule has 1 aliphatic heterocycles. The molecule has 0 bridgehead atoms. The van der Waals surface area contributed by atoms with Crippen molar-refractivity contribution in [3.63, 3.8) is 0 Å². The molecule has 0 radical (unpaired) electrons. The molecule has 0 saturated carbocycles. The summed E-state index contributed by atoms with van der Waals surface area (Å²) >= 11 is 0. The maximum Gasteiger partial charge on any atom is 0.128 e. The summed E-state index contributed by atoms with van der Waals surface area (Å²) in [4.78, 5) is 9.54. The number of likely N-dealkylation sites (tertiary alicyclic amines) is 1. The van der Waals surface area contributed by atoms with Crippen molar-refractivity contribution < 1.29 is 0 Å². The summed E-state index contributed by atoms with van der Waals surface area (Å²) in [6.45, 7) is 12.2. The minimum atomic E-state index is 0.568. The SMILES string of the molecule is CCN(CC)c1ccc([C@@H]2CCCN2C(C)C)cn1. The fourth-order valence-electron chi connectivity index (χ4n) is 3.09. The second-order valence-electron chi connectivity index (χ2n) is 5.61. The molecule has 1 aromatic heterocycles. The number of aromatic nitrogens is 1. The molecule has 2 heterocycles. The Morgan fingerprint density at radius 2 is 2.05 bits per heavy atom. The van der Waals surface area contributed by atoms with Gasteiger partial charge < -0.3 is 4.90 Å². The van der Waals surface area contributed by atoms with E-state index in [9.17, 15) is 0 Å². The van der Waals surface area contributed by atoms with Gasteiger partial charge in [-0.3, -0.25) is 4.90 Å². The van der Waals surface area contributed by atoms with Crippen LogP contribution >= 0.6 is 0 Å². The second kappa shape index (κ2) is 6.38. The van der Waals surface area contributed by atoms with Gasteiger partial charge >= 0.3 is 0 Å². The molecule has 2 rings (SSSR count). The molecule has 0 unspecified atom stereocenters. The van der Waals surface area contributed by atoms with Gasteiger partial charge in [0.1, 0.15) is 5.82 Å². The fraction of sp³-hybridized carbons (Fsp3) is 0.688. The zero-order chi connectivity index (χ0) is 13.8. The highest BCUT2D eigenvalue weighted by atomic mass is 15.2. The first kappa shape index (κ1) is 14.3. The van der Waals surface area contributed by atoms with Crippen LogP contribution < -0.4 is 4.90 Å². The lowest BCUT2D eigenvalue weighted by Crippen LogP contribution is -2.30. The van der Waals surface area contributed by atoms with E-state index < -0.39 is 0 Å². The Balaban J connectivity index is 2.14. The third-order valence-corrected chi connectivity index (χ3v) is 4.20. The average molecular weight is 261 g/mol. The first-order valence-electron chi connectivity index (χ1n) is 7.64. The predicted molar refractivity (Wildman–Crippen MR) is 81.6 cm³/mol. The smallest absolute Gasteiger partial charge is 0.128 e. The van der Waals surface area contributed by atoms with Gasteiger partial charge in [-0.05, 0) is 58.7 Å². The van der Waals surface area contributed by atoms with E-state index in [1.54, 1.807) is 0 Å². The zero-order valence-corrected chi connectivity index (χ0v) is 12.8. The normalized spacial score (nSPS) is 20.2. The maximum atomic E-state index is 4.66. The molecule has 0 aromatic carbocycles. The van der Waals surface area contributed by atoms with Crippen LogP contribution in [0.4, 0.5) is 5.82 Å². The van der Waals surface area contributed by atoms with Crippen LogP contribution in [0, 0.1) is 0 Å². The molecule has 1 atom stereocenters. The summed E-state index contributed by atoms with van der Waals surface area (Å²) < 4.78 is 0. The third-order valence-electron chi connectivity index (χ3n) is 4.20. The van der Waals surface area contributed by atoms with Crippen LogP contribution in [0.5, 0.6) is 0 Å². The lowest BCUT2D eigenvalue weighted by molar-refractivity contribution is 0.205. The van der Waals surface area contributed by atoms with Crippen molar-refractivity contribution in [1.82, 2.24) is 9.88 Å². The Labute approximate surface area is 117 Å². The molecule has 0 spiro atoms. The first-order valence-corrected chi connectivity index (χ1v) is 7.64. The van der Waals surface area contributed by atoms with Crippen molar-refractivity contribution in [1.29, 1.82) is 0 Å². The molecule has 1 aliphatic rings. The quantitative estimate of drug-likeness (QED) is 0.809. The summed E-state index contributed by atoms with van der Waals surface area (Å²) in [5.41, 5.74) is 1.38. The van der Waals surface area contributed by atoms with E-state index in [-0.39, 0.29) is 0 Å². The van der Waals surface area contributed by atoms with Crippen LogP contribution in [0.2, 0.25) is 0 Å². The Kier molecular flexibility index (Phi) is 4.81. The highest BCUT2D eigenvalue weighted by molar-refractivity contribution is 5.39. The molecule has 0 aliphatic carbocycles. The van der Waals surface area contributed by atoms with Crippen molar-refractivity contribution in [2.75, 3.05) is 24.5 Å². The van der Waals surface area contributed by atoms with Gasteiger partial charge in [0, 0.05) is 31.4 Å².